The molecule has 4 rings (SSSR count). The van der Waals surface area contributed by atoms with Crippen LogP contribution in [0.1, 0.15) is 40.3 Å². The van der Waals surface area contributed by atoms with Gasteiger partial charge in [-0.1, -0.05) is 17.7 Å². The van der Waals surface area contributed by atoms with Gasteiger partial charge in [0.25, 0.3) is 11.5 Å². The third-order valence-electron chi connectivity index (χ3n) is 5.05. The lowest BCUT2D eigenvalue weighted by Crippen LogP contribution is -2.25. The molecule has 2 aromatic heterocycles. The maximum atomic E-state index is 13.5. The summed E-state index contributed by atoms with van der Waals surface area (Å²) < 4.78 is 11.8. The SMILES string of the molecule is CCOC(=O)c1nn(-c2ccc(OCC)cc2)c(=O)c2c(NC(=O)c3ccc(C)cc3)scc12. The number of carbonyl (C=O) groups is 2. The first kappa shape index (κ1) is 23.2. The Balaban J connectivity index is 1.84. The average Bonchev–Trinajstić information content (AvgIpc) is 3.25. The van der Waals surface area contributed by atoms with E-state index in [4.69, 9.17) is 9.47 Å². The predicted octanol–water partition coefficient (Wildman–Crippen LogP) is 4.58. The van der Waals surface area contributed by atoms with Crippen molar-refractivity contribution in [3.63, 3.8) is 0 Å². The Bertz CT molecular complexity index is 1410. The fourth-order valence-electron chi connectivity index (χ4n) is 3.40. The number of anilines is 1. The molecule has 0 bridgehead atoms. The highest BCUT2D eigenvalue weighted by molar-refractivity contribution is 7.16. The molecule has 1 N–H and O–H groups in total. The Morgan fingerprint density at radius 2 is 1.74 bits per heavy atom. The molecule has 4 aromatic rings. The molecule has 2 aromatic carbocycles. The Hall–Kier alpha value is -3.98. The van der Waals surface area contributed by atoms with Gasteiger partial charge in [0.05, 0.1) is 24.3 Å². The number of hydrogen-bond acceptors (Lipinski definition) is 7. The van der Waals surface area contributed by atoms with Crippen molar-refractivity contribution in [2.45, 2.75) is 20.8 Å². The van der Waals surface area contributed by atoms with E-state index >= 15 is 0 Å². The van der Waals surface area contributed by atoms with Crippen LogP contribution in [0.2, 0.25) is 0 Å². The molecule has 0 unspecified atom stereocenters. The summed E-state index contributed by atoms with van der Waals surface area (Å²) in [5, 5.41) is 9.60. The van der Waals surface area contributed by atoms with Crippen LogP contribution < -0.4 is 15.6 Å². The standard InChI is InChI=1S/C25H23N3O5S/c1-4-32-18-12-10-17(11-13-18)28-24(30)20-19(21(27-28)25(31)33-5-2)14-34-23(20)26-22(29)16-8-6-15(3)7-9-16/h6-14H,4-5H2,1-3H3,(H,26,29). The van der Waals surface area contributed by atoms with Crippen molar-refractivity contribution in [2.24, 2.45) is 0 Å². The van der Waals surface area contributed by atoms with Crippen LogP contribution in [0, 0.1) is 6.92 Å². The fourth-order valence-corrected chi connectivity index (χ4v) is 4.33. The van der Waals surface area contributed by atoms with E-state index in [0.717, 1.165) is 21.6 Å². The van der Waals surface area contributed by atoms with Gasteiger partial charge in [-0.2, -0.15) is 9.78 Å². The number of rotatable bonds is 7. The molecule has 0 aliphatic carbocycles. The van der Waals surface area contributed by atoms with E-state index in [0.29, 0.717) is 34.0 Å². The number of aromatic nitrogens is 2. The first-order valence-electron chi connectivity index (χ1n) is 10.8. The fraction of sp³-hybridized carbons (Fsp3) is 0.200. The lowest BCUT2D eigenvalue weighted by molar-refractivity contribution is 0.0520. The first-order valence-corrected chi connectivity index (χ1v) is 11.6. The molecule has 0 aliphatic heterocycles. The molecule has 1 amide bonds. The van der Waals surface area contributed by atoms with Gasteiger partial charge in [-0.25, -0.2) is 4.79 Å². The summed E-state index contributed by atoms with van der Waals surface area (Å²) in [6, 6.07) is 13.9. The van der Waals surface area contributed by atoms with Crippen molar-refractivity contribution in [1.82, 2.24) is 9.78 Å². The second-order valence-corrected chi connectivity index (χ2v) is 8.27. The molecule has 0 saturated carbocycles. The lowest BCUT2D eigenvalue weighted by Gasteiger charge is -2.11. The number of fused-ring (bicyclic) bond motifs is 1. The van der Waals surface area contributed by atoms with E-state index in [-0.39, 0.29) is 23.6 Å². The van der Waals surface area contributed by atoms with Crippen molar-refractivity contribution in [1.29, 1.82) is 0 Å². The number of thiophene rings is 1. The van der Waals surface area contributed by atoms with Gasteiger partial charge in [-0.15, -0.1) is 11.3 Å². The summed E-state index contributed by atoms with van der Waals surface area (Å²) in [4.78, 5) is 39.0. The molecule has 2 heterocycles. The van der Waals surface area contributed by atoms with Crippen molar-refractivity contribution in [2.75, 3.05) is 18.5 Å². The van der Waals surface area contributed by atoms with E-state index in [1.807, 2.05) is 26.0 Å². The van der Waals surface area contributed by atoms with Gasteiger partial charge in [0.1, 0.15) is 10.8 Å². The maximum absolute atomic E-state index is 13.5. The summed E-state index contributed by atoms with van der Waals surface area (Å²) in [7, 11) is 0. The van der Waals surface area contributed by atoms with E-state index in [1.165, 1.54) is 0 Å². The Labute approximate surface area is 199 Å². The van der Waals surface area contributed by atoms with Crippen LogP contribution in [-0.4, -0.2) is 34.9 Å². The Morgan fingerprint density at radius 3 is 2.38 bits per heavy atom. The van der Waals surface area contributed by atoms with Gasteiger partial charge in [0.2, 0.25) is 0 Å². The number of amides is 1. The van der Waals surface area contributed by atoms with Crippen molar-refractivity contribution >= 4 is 39.0 Å². The number of nitrogens with one attached hydrogen (secondary N) is 1. The highest BCUT2D eigenvalue weighted by Crippen LogP contribution is 2.31. The Kier molecular flexibility index (Phi) is 6.74. The third-order valence-corrected chi connectivity index (χ3v) is 5.95. The van der Waals surface area contributed by atoms with E-state index in [9.17, 15) is 14.4 Å². The monoisotopic (exact) mass is 477 g/mol. The van der Waals surface area contributed by atoms with Gasteiger partial charge in [0.15, 0.2) is 5.69 Å². The summed E-state index contributed by atoms with van der Waals surface area (Å²) in [6.07, 6.45) is 0. The van der Waals surface area contributed by atoms with Gasteiger partial charge in [-0.3, -0.25) is 9.59 Å². The number of hydrogen-bond donors (Lipinski definition) is 1. The first-order chi connectivity index (χ1) is 16.4. The smallest absolute Gasteiger partial charge is 0.359 e. The quantitative estimate of drug-likeness (QED) is 0.391. The minimum absolute atomic E-state index is 0.00239. The molecule has 174 valence electrons. The molecule has 0 saturated heterocycles. The average molecular weight is 478 g/mol. The predicted molar refractivity (Wildman–Crippen MR) is 131 cm³/mol. The molecule has 0 spiro atoms. The molecular formula is C25H23N3O5S. The normalized spacial score (nSPS) is 10.8. The summed E-state index contributed by atoms with van der Waals surface area (Å²) in [5.74, 6) is -0.362. The molecule has 0 fully saturated rings. The number of benzene rings is 2. The van der Waals surface area contributed by atoms with Crippen LogP contribution in [-0.2, 0) is 4.74 Å². The van der Waals surface area contributed by atoms with Crippen molar-refractivity contribution < 1.29 is 19.1 Å². The zero-order valence-electron chi connectivity index (χ0n) is 19.0. The van der Waals surface area contributed by atoms with Gasteiger partial charge in [0, 0.05) is 16.3 Å². The van der Waals surface area contributed by atoms with Crippen LogP contribution in [0.25, 0.3) is 16.5 Å². The van der Waals surface area contributed by atoms with Crippen molar-refractivity contribution in [3.05, 3.63) is 81.1 Å². The van der Waals surface area contributed by atoms with Gasteiger partial charge >= 0.3 is 5.97 Å². The minimum atomic E-state index is -0.651. The Morgan fingerprint density at radius 1 is 1.03 bits per heavy atom. The van der Waals surface area contributed by atoms with Gasteiger partial charge in [-0.05, 0) is 57.2 Å². The van der Waals surface area contributed by atoms with E-state index in [1.54, 1.807) is 48.7 Å². The van der Waals surface area contributed by atoms with Crippen LogP contribution >= 0.6 is 11.3 Å². The molecule has 9 heteroatoms. The maximum Gasteiger partial charge on any atom is 0.359 e. The summed E-state index contributed by atoms with van der Waals surface area (Å²) in [6.45, 7) is 6.17. The third kappa shape index (κ3) is 4.55. The van der Waals surface area contributed by atoms with Crippen molar-refractivity contribution in [3.8, 4) is 11.4 Å². The number of esters is 1. The van der Waals surface area contributed by atoms with E-state index < -0.39 is 11.5 Å². The highest BCUT2D eigenvalue weighted by Gasteiger charge is 2.23. The topological polar surface area (TPSA) is 99.5 Å². The number of carbonyl (C=O) groups excluding carboxylic acids is 2. The van der Waals surface area contributed by atoms with Crippen LogP contribution in [0.5, 0.6) is 5.75 Å². The highest BCUT2D eigenvalue weighted by atomic mass is 32.1. The molecule has 0 radical (unpaired) electrons. The number of nitrogens with zero attached hydrogens (tertiary/aromatic N) is 2. The van der Waals surface area contributed by atoms with Gasteiger partial charge < -0.3 is 14.8 Å². The zero-order valence-corrected chi connectivity index (χ0v) is 19.8. The molecule has 0 aliphatic rings. The molecular weight excluding hydrogens is 454 g/mol. The number of aryl methyl sites for hydroxylation is 1. The van der Waals surface area contributed by atoms with E-state index in [2.05, 4.69) is 10.4 Å². The van der Waals surface area contributed by atoms with Crippen LogP contribution in [0.4, 0.5) is 5.00 Å². The zero-order chi connectivity index (χ0) is 24.2. The lowest BCUT2D eigenvalue weighted by atomic mass is 10.1. The summed E-state index contributed by atoms with van der Waals surface area (Å²) in [5.41, 5.74) is 1.47. The number of ether oxygens (including phenoxy) is 2. The van der Waals surface area contributed by atoms with Crippen LogP contribution in [0.3, 0.4) is 0 Å². The largest absolute Gasteiger partial charge is 0.494 e. The van der Waals surface area contributed by atoms with Crippen LogP contribution in [0.15, 0.2) is 58.7 Å². The minimum Gasteiger partial charge on any atom is -0.494 e. The molecule has 34 heavy (non-hydrogen) atoms. The molecule has 0 atom stereocenters. The summed E-state index contributed by atoms with van der Waals surface area (Å²) >= 11 is 1.15. The molecule has 8 nitrogen and oxygen atoms in total. The second kappa shape index (κ2) is 9.88. The second-order valence-electron chi connectivity index (χ2n) is 7.39.